The van der Waals surface area contributed by atoms with Crippen LogP contribution in [0.4, 0.5) is 0 Å². The molecule has 1 aliphatic rings. The van der Waals surface area contributed by atoms with E-state index in [9.17, 15) is 8.42 Å². The van der Waals surface area contributed by atoms with E-state index in [2.05, 4.69) is 11.2 Å². The van der Waals surface area contributed by atoms with E-state index < -0.39 is 9.84 Å². The number of hydrogen-bond donors (Lipinski definition) is 1. The van der Waals surface area contributed by atoms with E-state index in [0.29, 0.717) is 18.7 Å². The number of terminal acetylenes is 1. The van der Waals surface area contributed by atoms with Gasteiger partial charge >= 0.3 is 0 Å². The van der Waals surface area contributed by atoms with Crippen molar-refractivity contribution in [3.8, 4) is 12.3 Å². The third-order valence-electron chi connectivity index (χ3n) is 1.73. The summed E-state index contributed by atoms with van der Waals surface area (Å²) in [5.41, 5.74) is 0. The maximum Gasteiger partial charge on any atom is 0.151 e. The molecule has 0 spiro atoms. The zero-order valence-corrected chi connectivity index (χ0v) is 7.02. The van der Waals surface area contributed by atoms with E-state index in [1.807, 2.05) is 0 Å². The molecule has 0 unspecified atom stereocenters. The summed E-state index contributed by atoms with van der Waals surface area (Å²) in [6.45, 7) is 0.459. The zero-order valence-electron chi connectivity index (χ0n) is 6.21. The molecule has 62 valence electrons. The molecule has 0 aliphatic carbocycles. The van der Waals surface area contributed by atoms with Crippen molar-refractivity contribution in [2.45, 2.75) is 12.5 Å². The van der Waals surface area contributed by atoms with Gasteiger partial charge < -0.3 is 5.32 Å². The minimum absolute atomic E-state index is 0.0797. The van der Waals surface area contributed by atoms with Crippen LogP contribution in [-0.2, 0) is 9.84 Å². The van der Waals surface area contributed by atoms with Crippen LogP contribution >= 0.6 is 0 Å². The van der Waals surface area contributed by atoms with Gasteiger partial charge in [-0.25, -0.2) is 8.42 Å². The van der Waals surface area contributed by atoms with E-state index in [1.54, 1.807) is 0 Å². The molecule has 0 aromatic rings. The van der Waals surface area contributed by atoms with Gasteiger partial charge in [-0.3, -0.25) is 0 Å². The van der Waals surface area contributed by atoms with Crippen molar-refractivity contribution < 1.29 is 8.42 Å². The lowest BCUT2D eigenvalue weighted by atomic mass is 10.3. The van der Waals surface area contributed by atoms with Gasteiger partial charge in [0, 0.05) is 6.04 Å². The van der Waals surface area contributed by atoms with Crippen molar-refractivity contribution in [1.82, 2.24) is 5.32 Å². The molecular formula is C7H11NO2S. The smallest absolute Gasteiger partial charge is 0.151 e. The third kappa shape index (κ3) is 2.52. The average Bonchev–Trinajstić information content (AvgIpc) is 2.26. The Morgan fingerprint density at radius 3 is 2.82 bits per heavy atom. The van der Waals surface area contributed by atoms with Gasteiger partial charge in [-0.15, -0.1) is 6.42 Å². The quantitative estimate of drug-likeness (QED) is 0.567. The van der Waals surface area contributed by atoms with Crippen LogP contribution in [0.2, 0.25) is 0 Å². The molecule has 3 nitrogen and oxygen atoms in total. The standard InChI is InChI=1S/C7H11NO2S/c1-2-4-8-7-3-5-11(9,10)6-7/h1,7-8H,3-6H2/t7-/m1/s1. The first-order valence-corrected chi connectivity index (χ1v) is 5.33. The fourth-order valence-corrected chi connectivity index (χ4v) is 2.87. The van der Waals surface area contributed by atoms with Crippen LogP contribution < -0.4 is 5.32 Å². The first-order chi connectivity index (χ1) is 5.14. The molecule has 1 rings (SSSR count). The topological polar surface area (TPSA) is 46.2 Å². The van der Waals surface area contributed by atoms with E-state index in [4.69, 9.17) is 6.42 Å². The molecule has 1 N–H and O–H groups in total. The predicted molar refractivity (Wildman–Crippen MR) is 43.9 cm³/mol. The van der Waals surface area contributed by atoms with Gasteiger partial charge in [-0.05, 0) is 6.42 Å². The fourth-order valence-electron chi connectivity index (χ4n) is 1.16. The second kappa shape index (κ2) is 3.24. The van der Waals surface area contributed by atoms with Crippen molar-refractivity contribution in [2.75, 3.05) is 18.1 Å². The number of hydrogen-bond acceptors (Lipinski definition) is 3. The Hall–Kier alpha value is -0.530. The number of sulfone groups is 1. The van der Waals surface area contributed by atoms with Crippen LogP contribution in [0.5, 0.6) is 0 Å². The highest BCUT2D eigenvalue weighted by Crippen LogP contribution is 2.10. The Labute approximate surface area is 67.1 Å². The van der Waals surface area contributed by atoms with Gasteiger partial charge in [0.15, 0.2) is 9.84 Å². The summed E-state index contributed by atoms with van der Waals surface area (Å²) in [5.74, 6) is 2.96. The molecule has 11 heavy (non-hydrogen) atoms. The highest BCUT2D eigenvalue weighted by molar-refractivity contribution is 7.91. The average molecular weight is 173 g/mol. The SMILES string of the molecule is C#CCN[C@@H]1CCS(=O)(=O)C1. The minimum atomic E-state index is -2.76. The summed E-state index contributed by atoms with van der Waals surface area (Å²) in [6.07, 6.45) is 5.71. The first-order valence-electron chi connectivity index (χ1n) is 3.51. The lowest BCUT2D eigenvalue weighted by Gasteiger charge is -2.05. The van der Waals surface area contributed by atoms with Crippen molar-refractivity contribution in [3.05, 3.63) is 0 Å². The van der Waals surface area contributed by atoms with E-state index in [0.717, 1.165) is 0 Å². The maximum atomic E-state index is 10.9. The highest BCUT2D eigenvalue weighted by Gasteiger charge is 2.26. The van der Waals surface area contributed by atoms with E-state index in [-0.39, 0.29) is 11.8 Å². The second-order valence-electron chi connectivity index (χ2n) is 2.68. The van der Waals surface area contributed by atoms with Crippen molar-refractivity contribution >= 4 is 9.84 Å². The molecule has 0 aromatic carbocycles. The van der Waals surface area contributed by atoms with Crippen LogP contribution in [0, 0.1) is 12.3 Å². The summed E-state index contributed by atoms with van der Waals surface area (Å²) < 4.78 is 21.8. The van der Waals surface area contributed by atoms with Crippen molar-refractivity contribution in [3.63, 3.8) is 0 Å². The Morgan fingerprint density at radius 2 is 2.36 bits per heavy atom. The zero-order chi connectivity index (χ0) is 8.32. The molecule has 0 radical (unpaired) electrons. The predicted octanol–water partition coefficient (Wildman–Crippen LogP) is -0.604. The van der Waals surface area contributed by atoms with Gasteiger partial charge in [0.1, 0.15) is 0 Å². The Bertz CT molecular complexity index is 263. The normalized spacial score (nSPS) is 28.1. The molecule has 0 bridgehead atoms. The lowest BCUT2D eigenvalue weighted by molar-refractivity contribution is 0.587. The van der Waals surface area contributed by atoms with E-state index in [1.165, 1.54) is 0 Å². The number of nitrogens with one attached hydrogen (secondary N) is 1. The monoisotopic (exact) mass is 173 g/mol. The highest BCUT2D eigenvalue weighted by atomic mass is 32.2. The lowest BCUT2D eigenvalue weighted by Crippen LogP contribution is -2.30. The van der Waals surface area contributed by atoms with Crippen LogP contribution in [0.3, 0.4) is 0 Å². The van der Waals surface area contributed by atoms with Crippen LogP contribution in [0.25, 0.3) is 0 Å². The first kappa shape index (κ1) is 8.57. The van der Waals surface area contributed by atoms with Gasteiger partial charge in [-0.1, -0.05) is 5.92 Å². The molecule has 1 atom stereocenters. The molecule has 4 heteroatoms. The summed E-state index contributed by atoms with van der Waals surface area (Å²) in [6, 6.07) is 0.0797. The van der Waals surface area contributed by atoms with E-state index >= 15 is 0 Å². The maximum absolute atomic E-state index is 10.9. The van der Waals surface area contributed by atoms with Gasteiger partial charge in [0.05, 0.1) is 18.1 Å². The van der Waals surface area contributed by atoms with Crippen LogP contribution in [-0.4, -0.2) is 32.5 Å². The Balaban J connectivity index is 2.38. The fraction of sp³-hybridized carbons (Fsp3) is 0.714. The summed E-state index contributed by atoms with van der Waals surface area (Å²) in [7, 11) is -2.76. The molecule has 1 saturated heterocycles. The minimum Gasteiger partial charge on any atom is -0.302 e. The molecule has 0 amide bonds. The number of rotatable bonds is 2. The molecule has 1 heterocycles. The van der Waals surface area contributed by atoms with Crippen molar-refractivity contribution in [2.24, 2.45) is 0 Å². The summed E-state index contributed by atoms with van der Waals surface area (Å²) in [5, 5.41) is 2.97. The van der Waals surface area contributed by atoms with Gasteiger partial charge in [0.25, 0.3) is 0 Å². The van der Waals surface area contributed by atoms with Crippen LogP contribution in [0.1, 0.15) is 6.42 Å². The van der Waals surface area contributed by atoms with Gasteiger partial charge in [0.2, 0.25) is 0 Å². The molecule has 0 aromatic heterocycles. The van der Waals surface area contributed by atoms with Gasteiger partial charge in [-0.2, -0.15) is 0 Å². The van der Waals surface area contributed by atoms with Crippen molar-refractivity contribution in [1.29, 1.82) is 0 Å². The second-order valence-corrected chi connectivity index (χ2v) is 4.91. The van der Waals surface area contributed by atoms with Crippen LogP contribution in [0.15, 0.2) is 0 Å². The largest absolute Gasteiger partial charge is 0.302 e. The molecule has 1 aliphatic heterocycles. The Morgan fingerprint density at radius 1 is 1.64 bits per heavy atom. The third-order valence-corrected chi connectivity index (χ3v) is 3.49. The summed E-state index contributed by atoms with van der Waals surface area (Å²) in [4.78, 5) is 0. The summed E-state index contributed by atoms with van der Waals surface area (Å²) >= 11 is 0. The molecular weight excluding hydrogens is 162 g/mol. The molecule has 1 fully saturated rings. The Kier molecular flexibility index (Phi) is 2.53. The molecule has 0 saturated carbocycles.